The number of hydrogen-bond donors (Lipinski definition) is 1. The fourth-order valence-electron chi connectivity index (χ4n) is 3.73. The highest BCUT2D eigenvalue weighted by atomic mass is 32.1. The SMILES string of the molecule is COc1cc(C(=O)NCC(c2cccs2)N2CCC(C)CC2)cc(OC)c1OC. The number of nitrogens with one attached hydrogen (secondary N) is 1. The lowest BCUT2D eigenvalue weighted by atomic mass is 9.97. The van der Waals surface area contributed by atoms with E-state index in [9.17, 15) is 4.79 Å². The van der Waals surface area contributed by atoms with Gasteiger partial charge in [-0.15, -0.1) is 11.3 Å². The quantitative estimate of drug-likeness (QED) is 0.703. The monoisotopic (exact) mass is 418 g/mol. The third kappa shape index (κ3) is 5.03. The summed E-state index contributed by atoms with van der Waals surface area (Å²) in [7, 11) is 4.64. The van der Waals surface area contributed by atoms with Gasteiger partial charge in [0.15, 0.2) is 11.5 Å². The first-order valence-corrected chi connectivity index (χ1v) is 10.8. The summed E-state index contributed by atoms with van der Waals surface area (Å²) in [5, 5.41) is 5.20. The molecule has 2 heterocycles. The number of benzene rings is 1. The Bertz CT molecular complexity index is 776. The largest absolute Gasteiger partial charge is 0.493 e. The van der Waals surface area contributed by atoms with Crippen molar-refractivity contribution < 1.29 is 19.0 Å². The third-order valence-electron chi connectivity index (χ3n) is 5.51. The molecular formula is C22H30N2O4S. The summed E-state index contributed by atoms with van der Waals surface area (Å²) in [5.41, 5.74) is 0.483. The lowest BCUT2D eigenvalue weighted by Crippen LogP contribution is -2.41. The van der Waals surface area contributed by atoms with Gasteiger partial charge in [-0.3, -0.25) is 9.69 Å². The Morgan fingerprint density at radius 3 is 2.34 bits per heavy atom. The summed E-state index contributed by atoms with van der Waals surface area (Å²) in [5.74, 6) is 2.03. The molecule has 7 heteroatoms. The number of carbonyl (C=O) groups excluding carboxylic acids is 1. The first-order valence-electron chi connectivity index (χ1n) is 9.93. The molecule has 1 N–H and O–H groups in total. The maximum atomic E-state index is 12.9. The molecule has 0 aliphatic carbocycles. The van der Waals surface area contributed by atoms with E-state index in [1.807, 2.05) is 0 Å². The molecule has 1 fully saturated rings. The van der Waals surface area contributed by atoms with Gasteiger partial charge in [0.05, 0.1) is 27.4 Å². The van der Waals surface area contributed by atoms with Crippen molar-refractivity contribution in [1.29, 1.82) is 0 Å². The number of ether oxygens (including phenoxy) is 3. The molecule has 1 saturated heterocycles. The summed E-state index contributed by atoms with van der Waals surface area (Å²) in [6, 6.07) is 7.77. The normalized spacial score (nSPS) is 16.3. The van der Waals surface area contributed by atoms with Gasteiger partial charge in [-0.25, -0.2) is 0 Å². The molecule has 1 aliphatic heterocycles. The zero-order valence-electron chi connectivity index (χ0n) is 17.6. The first-order chi connectivity index (χ1) is 14.1. The van der Waals surface area contributed by atoms with Crippen molar-refractivity contribution >= 4 is 17.2 Å². The average Bonchev–Trinajstić information content (AvgIpc) is 3.28. The van der Waals surface area contributed by atoms with Gasteiger partial charge in [0.2, 0.25) is 5.75 Å². The Balaban J connectivity index is 1.75. The Morgan fingerprint density at radius 2 is 1.83 bits per heavy atom. The summed E-state index contributed by atoms with van der Waals surface area (Å²) >= 11 is 1.74. The highest BCUT2D eigenvalue weighted by molar-refractivity contribution is 7.10. The predicted molar refractivity (Wildman–Crippen MR) is 115 cm³/mol. The summed E-state index contributed by atoms with van der Waals surface area (Å²) < 4.78 is 16.1. The lowest BCUT2D eigenvalue weighted by Gasteiger charge is -2.36. The van der Waals surface area contributed by atoms with Crippen LogP contribution in [0.1, 0.15) is 41.0 Å². The highest BCUT2D eigenvalue weighted by Crippen LogP contribution is 2.38. The number of carbonyl (C=O) groups is 1. The summed E-state index contributed by atoms with van der Waals surface area (Å²) in [6.45, 7) is 4.99. The molecule has 0 radical (unpaired) electrons. The number of methoxy groups -OCH3 is 3. The molecule has 1 amide bonds. The molecule has 1 unspecified atom stereocenters. The molecule has 3 rings (SSSR count). The summed E-state index contributed by atoms with van der Waals surface area (Å²) in [4.78, 5) is 16.7. The molecule has 158 valence electrons. The average molecular weight is 419 g/mol. The van der Waals surface area contributed by atoms with Gasteiger partial charge >= 0.3 is 0 Å². The molecule has 0 saturated carbocycles. The maximum absolute atomic E-state index is 12.9. The number of rotatable bonds is 8. The molecular weight excluding hydrogens is 388 g/mol. The minimum atomic E-state index is -0.156. The van der Waals surface area contributed by atoms with Crippen molar-refractivity contribution in [1.82, 2.24) is 10.2 Å². The van der Waals surface area contributed by atoms with Crippen LogP contribution in [-0.4, -0.2) is 51.8 Å². The Hall–Kier alpha value is -2.25. The van der Waals surface area contributed by atoms with Crippen LogP contribution < -0.4 is 19.5 Å². The van der Waals surface area contributed by atoms with Crippen LogP contribution in [0, 0.1) is 5.92 Å². The first kappa shape index (κ1) is 21.5. The van der Waals surface area contributed by atoms with E-state index in [4.69, 9.17) is 14.2 Å². The van der Waals surface area contributed by atoms with Gasteiger partial charge in [0.1, 0.15) is 0 Å². The van der Waals surface area contributed by atoms with Gasteiger partial charge in [0.25, 0.3) is 5.91 Å². The number of amides is 1. The Labute approximate surface area is 176 Å². The third-order valence-corrected chi connectivity index (χ3v) is 6.49. The fourth-order valence-corrected chi connectivity index (χ4v) is 4.60. The Morgan fingerprint density at radius 1 is 1.17 bits per heavy atom. The second-order valence-corrected chi connectivity index (χ2v) is 8.35. The number of nitrogens with zero attached hydrogens (tertiary/aromatic N) is 1. The zero-order valence-corrected chi connectivity index (χ0v) is 18.4. The van der Waals surface area contributed by atoms with Gasteiger partial charge in [-0.1, -0.05) is 13.0 Å². The second-order valence-electron chi connectivity index (χ2n) is 7.37. The number of hydrogen-bond acceptors (Lipinski definition) is 6. The highest BCUT2D eigenvalue weighted by Gasteiger charge is 2.26. The molecule has 0 spiro atoms. The minimum Gasteiger partial charge on any atom is -0.493 e. The van der Waals surface area contributed by atoms with Crippen LogP contribution in [0.25, 0.3) is 0 Å². The number of likely N-dealkylation sites (tertiary alicyclic amines) is 1. The Kier molecular flexibility index (Phi) is 7.39. The molecule has 1 aromatic heterocycles. The number of piperidine rings is 1. The van der Waals surface area contributed by atoms with Crippen LogP contribution in [0.5, 0.6) is 17.2 Å². The molecule has 1 aliphatic rings. The van der Waals surface area contributed by atoms with E-state index in [0.717, 1.165) is 19.0 Å². The predicted octanol–water partition coefficient (Wildman–Crippen LogP) is 3.98. The summed E-state index contributed by atoms with van der Waals surface area (Å²) in [6.07, 6.45) is 2.39. The van der Waals surface area contributed by atoms with Crippen LogP contribution in [0.4, 0.5) is 0 Å². The molecule has 1 atom stereocenters. The van der Waals surface area contributed by atoms with E-state index in [2.05, 4.69) is 34.7 Å². The van der Waals surface area contributed by atoms with Crippen LogP contribution in [0.15, 0.2) is 29.6 Å². The van der Waals surface area contributed by atoms with Crippen molar-refractivity contribution in [3.63, 3.8) is 0 Å². The van der Waals surface area contributed by atoms with Gasteiger partial charge in [0, 0.05) is 17.0 Å². The van der Waals surface area contributed by atoms with E-state index in [1.54, 1.807) is 44.8 Å². The van der Waals surface area contributed by atoms with E-state index in [0.29, 0.717) is 29.4 Å². The smallest absolute Gasteiger partial charge is 0.251 e. The molecule has 6 nitrogen and oxygen atoms in total. The second kappa shape index (κ2) is 9.98. The van der Waals surface area contributed by atoms with E-state index in [-0.39, 0.29) is 11.9 Å². The van der Waals surface area contributed by atoms with Crippen molar-refractivity contribution in [2.24, 2.45) is 5.92 Å². The zero-order chi connectivity index (χ0) is 20.8. The minimum absolute atomic E-state index is 0.156. The van der Waals surface area contributed by atoms with Crippen molar-refractivity contribution in [3.05, 3.63) is 40.1 Å². The van der Waals surface area contributed by atoms with E-state index < -0.39 is 0 Å². The van der Waals surface area contributed by atoms with Crippen molar-refractivity contribution in [2.75, 3.05) is 41.0 Å². The maximum Gasteiger partial charge on any atom is 0.251 e. The van der Waals surface area contributed by atoms with E-state index in [1.165, 1.54) is 17.7 Å². The van der Waals surface area contributed by atoms with Gasteiger partial charge in [-0.2, -0.15) is 0 Å². The van der Waals surface area contributed by atoms with Gasteiger partial charge in [-0.05, 0) is 55.4 Å². The van der Waals surface area contributed by atoms with Crippen molar-refractivity contribution in [2.45, 2.75) is 25.8 Å². The van der Waals surface area contributed by atoms with E-state index >= 15 is 0 Å². The fraction of sp³-hybridized carbons (Fsp3) is 0.500. The van der Waals surface area contributed by atoms with Crippen LogP contribution in [0.2, 0.25) is 0 Å². The van der Waals surface area contributed by atoms with Gasteiger partial charge < -0.3 is 19.5 Å². The molecule has 1 aromatic carbocycles. The topological polar surface area (TPSA) is 60.0 Å². The molecule has 0 bridgehead atoms. The molecule has 29 heavy (non-hydrogen) atoms. The van der Waals surface area contributed by atoms with Crippen LogP contribution in [0.3, 0.4) is 0 Å². The van der Waals surface area contributed by atoms with Crippen molar-refractivity contribution in [3.8, 4) is 17.2 Å². The van der Waals surface area contributed by atoms with Crippen LogP contribution in [-0.2, 0) is 0 Å². The number of thiophene rings is 1. The molecule has 2 aromatic rings. The standard InChI is InChI=1S/C22H30N2O4S/c1-15-7-9-24(10-8-15)17(20-6-5-11-29-20)14-23-22(25)16-12-18(26-2)21(28-4)19(13-16)27-3/h5-6,11-13,15,17H,7-10,14H2,1-4H3,(H,23,25). The van der Waals surface area contributed by atoms with Crippen LogP contribution >= 0.6 is 11.3 Å². The lowest BCUT2D eigenvalue weighted by molar-refractivity contribution is 0.0914.